The van der Waals surface area contributed by atoms with Crippen molar-refractivity contribution in [2.24, 2.45) is 5.92 Å². The van der Waals surface area contributed by atoms with Crippen molar-refractivity contribution >= 4 is 57.7 Å². The summed E-state index contributed by atoms with van der Waals surface area (Å²) in [5.74, 6) is 2.43. The molecule has 5 aliphatic rings. The number of allylic oxidation sites excluding steroid dienone is 3. The normalized spacial score (nSPS) is 18.0. The lowest BCUT2D eigenvalue weighted by Crippen LogP contribution is -2.28. The van der Waals surface area contributed by atoms with E-state index in [0.717, 1.165) is 41.4 Å². The lowest BCUT2D eigenvalue weighted by atomic mass is 9.74. The van der Waals surface area contributed by atoms with Crippen molar-refractivity contribution in [3.63, 3.8) is 0 Å². The molecule has 0 spiro atoms. The molecule has 2 aliphatic heterocycles. The van der Waals surface area contributed by atoms with Gasteiger partial charge in [0.25, 0.3) is 0 Å². The fraction of sp³-hybridized carbons (Fsp3) is 0.115. The van der Waals surface area contributed by atoms with Crippen LogP contribution in [0, 0.1) is 5.92 Å². The van der Waals surface area contributed by atoms with Gasteiger partial charge in [0.05, 0.1) is 34.1 Å². The third-order valence-corrected chi connectivity index (χ3v) is 14.5. The van der Waals surface area contributed by atoms with Gasteiger partial charge >= 0.3 is 0 Å². The minimum atomic E-state index is -0.0481. The average Bonchev–Trinajstić information content (AvgIpc) is 3.58. The van der Waals surface area contributed by atoms with E-state index in [4.69, 9.17) is 4.74 Å². The Balaban J connectivity index is 0.771. The van der Waals surface area contributed by atoms with Gasteiger partial charge in [-0.05, 0) is 148 Å². The number of fused-ring (bicyclic) bond motifs is 10. The SMILES string of the molecule is CC1(C)c2cc(/C=C/c3ccc4c(c3)CCc3cc(N5c6ccccc6N(c6ccccc6)c6ccccc65)ccc3-4)ccc2C2C=CC(N3c4ccccc4Oc4ccccc43)=CC21. The quantitative estimate of drug-likeness (QED) is 0.161. The summed E-state index contributed by atoms with van der Waals surface area (Å²) >= 11 is 0. The number of hydrogen-bond donors (Lipinski definition) is 0. The van der Waals surface area contributed by atoms with Crippen molar-refractivity contribution in [3.8, 4) is 22.6 Å². The second kappa shape index (κ2) is 14.6. The van der Waals surface area contributed by atoms with Crippen molar-refractivity contribution in [2.75, 3.05) is 14.7 Å². The number of nitrogens with zero attached hydrogens (tertiary/aromatic N) is 3. The van der Waals surface area contributed by atoms with Gasteiger partial charge in [0.15, 0.2) is 11.5 Å². The minimum Gasteiger partial charge on any atom is -0.453 e. The molecule has 4 nitrogen and oxygen atoms in total. The first kappa shape index (κ1) is 37.7. The maximum atomic E-state index is 6.34. The van der Waals surface area contributed by atoms with Crippen LogP contribution in [0.15, 0.2) is 206 Å². The van der Waals surface area contributed by atoms with Gasteiger partial charge < -0.3 is 19.4 Å². The first-order valence-electron chi connectivity index (χ1n) is 23.0. The van der Waals surface area contributed by atoms with E-state index >= 15 is 0 Å². The minimum absolute atomic E-state index is 0.0481. The Morgan fingerprint density at radius 1 is 0.492 bits per heavy atom. The summed E-state index contributed by atoms with van der Waals surface area (Å²) in [5.41, 5.74) is 21.2. The van der Waals surface area contributed by atoms with Crippen LogP contribution in [-0.4, -0.2) is 0 Å². The van der Waals surface area contributed by atoms with Crippen LogP contribution in [-0.2, 0) is 18.3 Å². The molecule has 312 valence electrons. The highest BCUT2D eigenvalue weighted by atomic mass is 16.5. The summed E-state index contributed by atoms with van der Waals surface area (Å²) in [7, 11) is 0. The third-order valence-electron chi connectivity index (χ3n) is 14.5. The zero-order valence-electron chi connectivity index (χ0n) is 36.5. The van der Waals surface area contributed by atoms with Crippen molar-refractivity contribution in [3.05, 3.63) is 239 Å². The molecule has 0 fully saturated rings. The van der Waals surface area contributed by atoms with Crippen LogP contribution in [0.5, 0.6) is 11.5 Å². The van der Waals surface area contributed by atoms with Gasteiger partial charge in [-0.3, -0.25) is 0 Å². The van der Waals surface area contributed by atoms with E-state index in [9.17, 15) is 0 Å². The molecule has 3 aliphatic carbocycles. The fourth-order valence-corrected chi connectivity index (χ4v) is 11.4. The molecule has 13 rings (SSSR count). The van der Waals surface area contributed by atoms with Crippen LogP contribution >= 0.6 is 0 Å². The van der Waals surface area contributed by atoms with Crippen molar-refractivity contribution in [1.82, 2.24) is 0 Å². The van der Waals surface area contributed by atoms with Gasteiger partial charge in [-0.25, -0.2) is 0 Å². The van der Waals surface area contributed by atoms with Crippen molar-refractivity contribution in [1.29, 1.82) is 0 Å². The zero-order valence-corrected chi connectivity index (χ0v) is 36.5. The number of anilines is 8. The predicted octanol–water partition coefficient (Wildman–Crippen LogP) is 16.3. The Bertz CT molecular complexity index is 3230. The number of para-hydroxylation sites is 9. The van der Waals surface area contributed by atoms with Crippen LogP contribution in [0.1, 0.15) is 53.1 Å². The summed E-state index contributed by atoms with van der Waals surface area (Å²) in [4.78, 5) is 7.20. The third kappa shape index (κ3) is 5.97. The molecule has 65 heavy (non-hydrogen) atoms. The van der Waals surface area contributed by atoms with Crippen LogP contribution < -0.4 is 19.4 Å². The van der Waals surface area contributed by atoms with Gasteiger partial charge in [-0.15, -0.1) is 0 Å². The van der Waals surface area contributed by atoms with Crippen LogP contribution in [0.3, 0.4) is 0 Å². The van der Waals surface area contributed by atoms with Crippen LogP contribution in [0.25, 0.3) is 23.3 Å². The monoisotopic (exact) mass is 837 g/mol. The zero-order chi connectivity index (χ0) is 43.2. The molecule has 0 radical (unpaired) electrons. The number of ether oxygens (including phenoxy) is 1. The maximum absolute atomic E-state index is 6.34. The second-order valence-corrected chi connectivity index (χ2v) is 18.5. The van der Waals surface area contributed by atoms with Gasteiger partial charge in [0, 0.05) is 23.0 Å². The van der Waals surface area contributed by atoms with E-state index in [-0.39, 0.29) is 5.41 Å². The topological polar surface area (TPSA) is 19.0 Å². The van der Waals surface area contributed by atoms with Gasteiger partial charge in [-0.2, -0.15) is 0 Å². The number of aryl methyl sites for hydroxylation is 2. The molecular weight excluding hydrogens is 791 g/mol. The Kier molecular flexibility index (Phi) is 8.48. The van der Waals surface area contributed by atoms with E-state index in [1.807, 2.05) is 12.1 Å². The molecule has 2 heterocycles. The summed E-state index contributed by atoms with van der Waals surface area (Å²) < 4.78 is 6.34. The van der Waals surface area contributed by atoms with Crippen molar-refractivity contribution < 1.29 is 4.74 Å². The molecule has 0 amide bonds. The molecule has 0 saturated heterocycles. The molecule has 2 unspecified atom stereocenters. The molecule has 0 saturated carbocycles. The molecular formula is C61H47N3O. The summed E-state index contributed by atoms with van der Waals surface area (Å²) in [5, 5.41) is 0. The first-order chi connectivity index (χ1) is 32.0. The van der Waals surface area contributed by atoms with E-state index in [1.54, 1.807) is 0 Å². The molecule has 2 atom stereocenters. The molecule has 0 N–H and O–H groups in total. The average molecular weight is 838 g/mol. The summed E-state index contributed by atoms with van der Waals surface area (Å²) in [6.45, 7) is 4.85. The Morgan fingerprint density at radius 2 is 1.02 bits per heavy atom. The molecule has 8 aromatic carbocycles. The highest BCUT2D eigenvalue weighted by molar-refractivity contribution is 6.01. The Labute approximate surface area is 381 Å². The van der Waals surface area contributed by atoms with Gasteiger partial charge in [0.2, 0.25) is 0 Å². The molecule has 4 heteroatoms. The molecule has 0 bridgehead atoms. The standard InChI is InChI=1S/C61H47N3O/c1-61(2)51-37-41(27-33-49(51)50-35-31-46(39-52(50)61)64-57-20-10-12-22-59(57)65-60-23-13-11-21-58(60)64)25-24-40-26-32-47-42(36-40)28-29-43-38-45(30-34-48(43)47)63-55-18-8-6-16-53(55)62(44-14-4-3-5-15-44)54-17-7-9-19-56(54)63/h3-27,30-39,50,52H,28-29H2,1-2H3/b25-24+. The first-order valence-corrected chi connectivity index (χ1v) is 23.0. The Hall–Kier alpha value is -7.82. The summed E-state index contributed by atoms with van der Waals surface area (Å²) in [6, 6.07) is 66.2. The fourth-order valence-electron chi connectivity index (χ4n) is 11.4. The number of hydrogen-bond acceptors (Lipinski definition) is 4. The number of rotatable bonds is 5. The Morgan fingerprint density at radius 3 is 1.66 bits per heavy atom. The smallest absolute Gasteiger partial charge is 0.151 e. The highest BCUT2D eigenvalue weighted by Gasteiger charge is 2.46. The van der Waals surface area contributed by atoms with E-state index in [0.29, 0.717) is 11.8 Å². The van der Waals surface area contributed by atoms with Crippen LogP contribution in [0.4, 0.5) is 45.5 Å². The molecule has 0 aromatic heterocycles. The van der Waals surface area contributed by atoms with Gasteiger partial charge in [-0.1, -0.05) is 147 Å². The predicted molar refractivity (Wildman–Crippen MR) is 269 cm³/mol. The highest BCUT2D eigenvalue weighted by Crippen LogP contribution is 2.57. The molecule has 8 aromatic rings. The lowest BCUT2D eigenvalue weighted by molar-refractivity contribution is 0.392. The number of benzene rings is 8. The van der Waals surface area contributed by atoms with E-state index in [2.05, 4.69) is 229 Å². The lowest BCUT2D eigenvalue weighted by Gasteiger charge is -2.40. The van der Waals surface area contributed by atoms with Gasteiger partial charge in [0.1, 0.15) is 0 Å². The van der Waals surface area contributed by atoms with E-state index in [1.165, 1.54) is 78.6 Å². The second-order valence-electron chi connectivity index (χ2n) is 18.5. The largest absolute Gasteiger partial charge is 0.453 e. The van der Waals surface area contributed by atoms with E-state index < -0.39 is 0 Å². The van der Waals surface area contributed by atoms with Crippen LogP contribution in [0.2, 0.25) is 0 Å². The summed E-state index contributed by atoms with van der Waals surface area (Å²) in [6.07, 6.45) is 13.9. The van der Waals surface area contributed by atoms with Crippen molar-refractivity contribution in [2.45, 2.75) is 38.0 Å². The maximum Gasteiger partial charge on any atom is 0.151 e.